The maximum atomic E-state index is 6.72. The summed E-state index contributed by atoms with van der Waals surface area (Å²) >= 11 is 1.83. The molecule has 4 heterocycles. The molecule has 3 aromatic heterocycles. The number of aliphatic imine (C=N–C) groups is 1. The second-order valence-electron chi connectivity index (χ2n) is 14.8. The van der Waals surface area contributed by atoms with E-state index in [1.54, 1.807) is 0 Å². The first-order chi connectivity index (χ1) is 28.2. The quantitative estimate of drug-likeness (QED) is 0.184. The van der Waals surface area contributed by atoms with Gasteiger partial charge in [0.05, 0.1) is 11.0 Å². The van der Waals surface area contributed by atoms with Gasteiger partial charge in [-0.1, -0.05) is 140 Å². The molecule has 57 heavy (non-hydrogen) atoms. The highest BCUT2D eigenvalue weighted by Crippen LogP contribution is 2.43. The van der Waals surface area contributed by atoms with Gasteiger partial charge in [0, 0.05) is 64.1 Å². The molecule has 1 aliphatic rings. The van der Waals surface area contributed by atoms with Crippen LogP contribution in [0.15, 0.2) is 191 Å². The maximum Gasteiger partial charge on any atom is 0.143 e. The number of nitrogens with one attached hydrogen (secondary N) is 2. The summed E-state index contributed by atoms with van der Waals surface area (Å²) in [5.41, 5.74) is 10.9. The lowest BCUT2D eigenvalue weighted by Gasteiger charge is -2.32. The number of amidine groups is 1. The van der Waals surface area contributed by atoms with Gasteiger partial charge in [0.15, 0.2) is 0 Å². The number of hydrogen-bond donors (Lipinski definition) is 2. The largest absolute Gasteiger partial charge is 0.455 e. The fourth-order valence-electron chi connectivity index (χ4n) is 8.83. The lowest BCUT2D eigenvalue weighted by molar-refractivity contribution is 0.411. The second kappa shape index (κ2) is 12.8. The van der Waals surface area contributed by atoms with Crippen molar-refractivity contribution in [2.24, 2.45) is 4.99 Å². The first-order valence-corrected chi connectivity index (χ1v) is 20.2. The molecule has 5 nitrogen and oxygen atoms in total. The summed E-state index contributed by atoms with van der Waals surface area (Å²) in [6.45, 7) is 0. The van der Waals surface area contributed by atoms with Crippen LogP contribution in [-0.4, -0.2) is 10.4 Å². The van der Waals surface area contributed by atoms with E-state index < -0.39 is 0 Å². The summed E-state index contributed by atoms with van der Waals surface area (Å²) in [6.07, 6.45) is -0.331. The van der Waals surface area contributed by atoms with Gasteiger partial charge >= 0.3 is 0 Å². The number of nitrogens with zero attached hydrogens (tertiary/aromatic N) is 2. The van der Waals surface area contributed by atoms with Crippen LogP contribution >= 0.6 is 11.3 Å². The molecule has 0 radical (unpaired) electrons. The summed E-state index contributed by atoms with van der Waals surface area (Å²) in [6, 6.07) is 64.8. The normalized spacial score (nSPS) is 15.9. The summed E-state index contributed by atoms with van der Waals surface area (Å²) in [7, 11) is 0. The molecule has 0 fully saturated rings. The minimum absolute atomic E-state index is 0.0949. The highest BCUT2D eigenvalue weighted by molar-refractivity contribution is 7.26. The zero-order valence-corrected chi connectivity index (χ0v) is 31.5. The number of benzene rings is 8. The van der Waals surface area contributed by atoms with Gasteiger partial charge < -0.3 is 14.3 Å². The van der Waals surface area contributed by atoms with Crippen molar-refractivity contribution in [2.75, 3.05) is 0 Å². The Bertz CT molecular complexity index is 3320. The third-order valence-corrected chi connectivity index (χ3v) is 12.7. The van der Waals surface area contributed by atoms with E-state index in [0.717, 1.165) is 50.2 Å². The molecule has 0 aliphatic carbocycles. The van der Waals surface area contributed by atoms with E-state index in [1.165, 1.54) is 53.1 Å². The molecule has 2 atom stereocenters. The monoisotopic (exact) mass is 750 g/mol. The van der Waals surface area contributed by atoms with Gasteiger partial charge in [0.25, 0.3) is 0 Å². The van der Waals surface area contributed by atoms with Gasteiger partial charge in [0.2, 0.25) is 0 Å². The predicted octanol–water partition coefficient (Wildman–Crippen LogP) is 13.1. The Morgan fingerprint density at radius 1 is 0.544 bits per heavy atom. The molecule has 11 aromatic rings. The maximum absolute atomic E-state index is 6.72. The van der Waals surface area contributed by atoms with Crippen LogP contribution in [0, 0.1) is 0 Å². The Kier molecular flexibility index (Phi) is 7.24. The van der Waals surface area contributed by atoms with E-state index in [0.29, 0.717) is 0 Å². The topological polar surface area (TPSA) is 54.5 Å². The average Bonchev–Trinajstić information content (AvgIpc) is 3.96. The van der Waals surface area contributed by atoms with Crippen molar-refractivity contribution in [3.8, 4) is 16.8 Å². The Morgan fingerprint density at radius 3 is 2.05 bits per heavy atom. The molecule has 0 saturated carbocycles. The third kappa shape index (κ3) is 5.15. The van der Waals surface area contributed by atoms with Crippen molar-refractivity contribution in [3.05, 3.63) is 199 Å². The number of para-hydroxylation sites is 3. The summed E-state index contributed by atoms with van der Waals surface area (Å²) in [5.74, 6) is 0.884. The molecule has 8 aromatic carbocycles. The molecule has 2 unspecified atom stereocenters. The summed E-state index contributed by atoms with van der Waals surface area (Å²) in [4.78, 5) is 5.28. The van der Waals surface area contributed by atoms with Crippen LogP contribution in [0.3, 0.4) is 0 Å². The van der Waals surface area contributed by atoms with E-state index in [-0.39, 0.29) is 12.3 Å². The van der Waals surface area contributed by atoms with E-state index in [4.69, 9.17) is 9.41 Å². The molecule has 0 spiro atoms. The molecule has 6 heteroatoms. The molecule has 1 aliphatic heterocycles. The number of aromatic nitrogens is 1. The Labute approximate surface area is 332 Å². The SMILES string of the molecule is c1ccc(C2=NC(c3cccc4c3sc3ccc(-c5cccc6c5oc5ccc(-n7c8ccccc8c8ccccc87)cc56)cc34)NC(c3ccccc3)N2)cc1. The molecular weight excluding hydrogens is 717 g/mol. The molecule has 12 rings (SSSR count). The van der Waals surface area contributed by atoms with Gasteiger partial charge in [-0.15, -0.1) is 11.3 Å². The van der Waals surface area contributed by atoms with Gasteiger partial charge in [-0.2, -0.15) is 0 Å². The molecule has 0 bridgehead atoms. The minimum Gasteiger partial charge on any atom is -0.455 e. The van der Waals surface area contributed by atoms with Crippen molar-refractivity contribution in [2.45, 2.75) is 12.3 Å². The van der Waals surface area contributed by atoms with Crippen LogP contribution in [0.4, 0.5) is 0 Å². The van der Waals surface area contributed by atoms with E-state index >= 15 is 0 Å². The molecular formula is C51H34N4OS. The summed E-state index contributed by atoms with van der Waals surface area (Å²) in [5, 5.41) is 14.7. The van der Waals surface area contributed by atoms with Crippen LogP contribution in [0.1, 0.15) is 29.0 Å². The molecule has 0 amide bonds. The van der Waals surface area contributed by atoms with Crippen LogP contribution in [-0.2, 0) is 0 Å². The standard InChI is InChI=1S/C51H34N4OS/c1-3-13-31(14-4-1)49-52-50(32-15-5-2-6-16-32)54-51(53-49)40-22-12-21-39-42-29-33(25-28-46(42)57-48(39)40)35-19-11-20-38-41-30-34(26-27-45(41)56-47(35)38)55-43-23-9-7-17-36(43)37-18-8-10-24-44(37)55/h1-30,49,51,53H,(H,52,54). The zero-order valence-electron chi connectivity index (χ0n) is 30.7. The van der Waals surface area contributed by atoms with Gasteiger partial charge in [-0.3, -0.25) is 5.32 Å². The molecule has 270 valence electrons. The number of thiophene rings is 1. The van der Waals surface area contributed by atoms with Crippen LogP contribution in [0.2, 0.25) is 0 Å². The highest BCUT2D eigenvalue weighted by atomic mass is 32.1. The van der Waals surface area contributed by atoms with E-state index in [9.17, 15) is 0 Å². The first-order valence-electron chi connectivity index (χ1n) is 19.4. The van der Waals surface area contributed by atoms with Crippen LogP contribution in [0.25, 0.3) is 80.7 Å². The Morgan fingerprint density at radius 2 is 1.25 bits per heavy atom. The predicted molar refractivity (Wildman–Crippen MR) is 238 cm³/mol. The fraction of sp³-hybridized carbons (Fsp3) is 0.0392. The van der Waals surface area contributed by atoms with Crippen LogP contribution in [0.5, 0.6) is 0 Å². The van der Waals surface area contributed by atoms with Gasteiger partial charge in [0.1, 0.15) is 29.3 Å². The number of hydrogen-bond acceptors (Lipinski definition) is 5. The Balaban J connectivity index is 0.967. The molecule has 0 saturated heterocycles. The van der Waals surface area contributed by atoms with Crippen molar-refractivity contribution in [1.82, 2.24) is 15.2 Å². The van der Waals surface area contributed by atoms with Crippen molar-refractivity contribution < 1.29 is 4.42 Å². The number of fused-ring (bicyclic) bond motifs is 9. The van der Waals surface area contributed by atoms with Crippen molar-refractivity contribution in [1.29, 1.82) is 0 Å². The summed E-state index contributed by atoms with van der Waals surface area (Å²) < 4.78 is 11.6. The minimum atomic E-state index is -0.236. The number of rotatable bonds is 5. The van der Waals surface area contributed by atoms with E-state index in [1.807, 2.05) is 17.4 Å². The van der Waals surface area contributed by atoms with E-state index in [2.05, 4.69) is 191 Å². The third-order valence-electron chi connectivity index (χ3n) is 11.5. The van der Waals surface area contributed by atoms with Crippen molar-refractivity contribution >= 4 is 81.1 Å². The van der Waals surface area contributed by atoms with Crippen molar-refractivity contribution in [3.63, 3.8) is 0 Å². The lowest BCUT2D eigenvalue weighted by Crippen LogP contribution is -2.44. The second-order valence-corrected chi connectivity index (χ2v) is 15.8. The number of furan rings is 1. The van der Waals surface area contributed by atoms with Gasteiger partial charge in [-0.05, 0) is 53.6 Å². The van der Waals surface area contributed by atoms with Crippen LogP contribution < -0.4 is 10.6 Å². The van der Waals surface area contributed by atoms with Gasteiger partial charge in [-0.25, -0.2) is 4.99 Å². The molecule has 2 N–H and O–H groups in total. The Hall–Kier alpha value is -6.99. The lowest BCUT2D eigenvalue weighted by atomic mass is 9.99. The smallest absolute Gasteiger partial charge is 0.143 e. The fourth-order valence-corrected chi connectivity index (χ4v) is 10.1. The first kappa shape index (κ1) is 32.3. The zero-order chi connectivity index (χ0) is 37.5. The highest BCUT2D eigenvalue weighted by Gasteiger charge is 2.27. The average molecular weight is 751 g/mol.